The van der Waals surface area contributed by atoms with Crippen LogP contribution < -0.4 is 10.6 Å². The van der Waals surface area contributed by atoms with Gasteiger partial charge < -0.3 is 15.5 Å². The number of aromatic nitrogens is 2. The van der Waals surface area contributed by atoms with E-state index in [2.05, 4.69) is 35.7 Å². The van der Waals surface area contributed by atoms with Crippen LogP contribution >= 0.6 is 15.9 Å². The Morgan fingerprint density at radius 2 is 2.18 bits per heavy atom. The van der Waals surface area contributed by atoms with Crippen molar-refractivity contribution in [1.82, 2.24) is 14.9 Å². The fourth-order valence-corrected chi connectivity index (χ4v) is 2.60. The Kier molecular flexibility index (Phi) is 4.70. The Bertz CT molecular complexity index is 359. The highest BCUT2D eigenvalue weighted by atomic mass is 79.9. The molecule has 17 heavy (non-hydrogen) atoms. The van der Waals surface area contributed by atoms with Gasteiger partial charge in [-0.3, -0.25) is 0 Å². The van der Waals surface area contributed by atoms with E-state index in [4.69, 9.17) is 5.73 Å². The molecule has 5 nitrogen and oxygen atoms in total. The lowest BCUT2D eigenvalue weighted by Gasteiger charge is -2.23. The third kappa shape index (κ3) is 3.37. The zero-order chi connectivity index (χ0) is 12.1. The van der Waals surface area contributed by atoms with Gasteiger partial charge in [0.25, 0.3) is 0 Å². The average Bonchev–Trinajstić information content (AvgIpc) is 2.56. The summed E-state index contributed by atoms with van der Waals surface area (Å²) in [6, 6.07) is 0. The molecule has 0 bridgehead atoms. The molecule has 1 aromatic heterocycles. The molecule has 2 N–H and O–H groups in total. The topological polar surface area (TPSA) is 58.3 Å². The molecule has 6 heteroatoms. The van der Waals surface area contributed by atoms with E-state index in [9.17, 15) is 0 Å². The molecule has 1 aliphatic rings. The maximum absolute atomic E-state index is 5.60. The van der Waals surface area contributed by atoms with E-state index in [1.54, 1.807) is 12.5 Å². The van der Waals surface area contributed by atoms with Crippen molar-refractivity contribution in [3.8, 4) is 0 Å². The van der Waals surface area contributed by atoms with Crippen molar-refractivity contribution < 1.29 is 0 Å². The first kappa shape index (κ1) is 12.7. The number of nitrogens with two attached hydrogens (primary N) is 1. The van der Waals surface area contributed by atoms with Crippen molar-refractivity contribution in [2.24, 2.45) is 5.73 Å². The predicted molar refractivity (Wildman–Crippen MR) is 72.1 cm³/mol. The SMILES string of the molecule is NCCN1CCCN(c2ncncc2Br)CC1. The molecule has 0 atom stereocenters. The van der Waals surface area contributed by atoms with Crippen LogP contribution in [0.3, 0.4) is 0 Å². The molecule has 2 heterocycles. The number of hydrogen-bond donors (Lipinski definition) is 1. The highest BCUT2D eigenvalue weighted by Gasteiger charge is 2.17. The fraction of sp³-hybridized carbons (Fsp3) is 0.636. The standard InChI is InChI=1S/C11H18BrN5/c12-10-8-14-9-15-11(10)17-4-1-3-16(5-2-13)6-7-17/h8-9H,1-7,13H2. The van der Waals surface area contributed by atoms with Crippen LogP contribution in [0.5, 0.6) is 0 Å². The first-order valence-electron chi connectivity index (χ1n) is 5.94. The van der Waals surface area contributed by atoms with Gasteiger partial charge in [-0.15, -0.1) is 0 Å². The third-order valence-corrected chi connectivity index (χ3v) is 3.54. The summed E-state index contributed by atoms with van der Waals surface area (Å²) in [5, 5.41) is 0. The number of rotatable bonds is 3. The molecule has 0 aromatic carbocycles. The summed E-state index contributed by atoms with van der Waals surface area (Å²) in [5.74, 6) is 0.995. The first-order chi connectivity index (χ1) is 8.31. The monoisotopic (exact) mass is 299 g/mol. The van der Waals surface area contributed by atoms with Gasteiger partial charge in [0, 0.05) is 38.9 Å². The molecule has 0 amide bonds. The highest BCUT2D eigenvalue weighted by Crippen LogP contribution is 2.22. The van der Waals surface area contributed by atoms with Crippen molar-refractivity contribution in [3.63, 3.8) is 0 Å². The second-order valence-corrected chi connectivity index (χ2v) is 5.02. The zero-order valence-corrected chi connectivity index (χ0v) is 11.4. The van der Waals surface area contributed by atoms with Crippen LogP contribution in [0.2, 0.25) is 0 Å². The summed E-state index contributed by atoms with van der Waals surface area (Å²) in [5.41, 5.74) is 5.60. The molecule has 1 aliphatic heterocycles. The van der Waals surface area contributed by atoms with Gasteiger partial charge in [-0.25, -0.2) is 9.97 Å². The van der Waals surface area contributed by atoms with Crippen LogP contribution in [-0.2, 0) is 0 Å². The smallest absolute Gasteiger partial charge is 0.146 e. The van der Waals surface area contributed by atoms with Gasteiger partial charge in [0.2, 0.25) is 0 Å². The van der Waals surface area contributed by atoms with Crippen molar-refractivity contribution in [1.29, 1.82) is 0 Å². The van der Waals surface area contributed by atoms with Crippen LogP contribution in [-0.4, -0.2) is 54.1 Å². The quantitative estimate of drug-likeness (QED) is 0.891. The van der Waals surface area contributed by atoms with Gasteiger partial charge in [0.1, 0.15) is 12.1 Å². The van der Waals surface area contributed by atoms with Gasteiger partial charge >= 0.3 is 0 Å². The summed E-state index contributed by atoms with van der Waals surface area (Å²) in [6.07, 6.45) is 4.55. The average molecular weight is 300 g/mol. The molecular weight excluding hydrogens is 282 g/mol. The number of nitrogens with zero attached hydrogens (tertiary/aromatic N) is 4. The van der Waals surface area contributed by atoms with Crippen LogP contribution in [0, 0.1) is 0 Å². The summed E-state index contributed by atoms with van der Waals surface area (Å²) in [7, 11) is 0. The Balaban J connectivity index is 2.01. The van der Waals surface area contributed by atoms with Gasteiger partial charge in [-0.2, -0.15) is 0 Å². The molecule has 2 rings (SSSR count). The number of halogens is 1. The zero-order valence-electron chi connectivity index (χ0n) is 9.85. The molecule has 0 unspecified atom stereocenters. The molecule has 94 valence electrons. The van der Waals surface area contributed by atoms with Crippen LogP contribution in [0.1, 0.15) is 6.42 Å². The maximum atomic E-state index is 5.60. The lowest BCUT2D eigenvalue weighted by molar-refractivity contribution is 0.302. The molecule has 1 aromatic rings. The Hall–Kier alpha value is -0.720. The van der Waals surface area contributed by atoms with E-state index < -0.39 is 0 Å². The lowest BCUT2D eigenvalue weighted by atomic mass is 10.3. The highest BCUT2D eigenvalue weighted by molar-refractivity contribution is 9.10. The van der Waals surface area contributed by atoms with E-state index in [1.165, 1.54) is 0 Å². The van der Waals surface area contributed by atoms with E-state index in [1.807, 2.05) is 0 Å². The molecular formula is C11H18BrN5. The van der Waals surface area contributed by atoms with Gasteiger partial charge in [-0.05, 0) is 28.9 Å². The minimum atomic E-state index is 0.733. The summed E-state index contributed by atoms with van der Waals surface area (Å²) >= 11 is 3.50. The number of hydrogen-bond acceptors (Lipinski definition) is 5. The van der Waals surface area contributed by atoms with Crippen molar-refractivity contribution in [3.05, 3.63) is 17.0 Å². The van der Waals surface area contributed by atoms with E-state index >= 15 is 0 Å². The Morgan fingerprint density at radius 1 is 1.29 bits per heavy atom. The molecule has 1 saturated heterocycles. The second-order valence-electron chi connectivity index (χ2n) is 4.17. The Labute approximate surface area is 110 Å². The van der Waals surface area contributed by atoms with E-state index in [0.29, 0.717) is 0 Å². The van der Waals surface area contributed by atoms with Crippen molar-refractivity contribution >= 4 is 21.7 Å². The van der Waals surface area contributed by atoms with E-state index in [0.717, 1.165) is 56.0 Å². The summed E-state index contributed by atoms with van der Waals surface area (Å²) in [4.78, 5) is 13.1. The van der Waals surface area contributed by atoms with Crippen molar-refractivity contribution in [2.45, 2.75) is 6.42 Å². The normalized spacial score (nSPS) is 18.1. The lowest BCUT2D eigenvalue weighted by Crippen LogP contribution is -2.34. The largest absolute Gasteiger partial charge is 0.354 e. The maximum Gasteiger partial charge on any atom is 0.146 e. The van der Waals surface area contributed by atoms with Crippen LogP contribution in [0.25, 0.3) is 0 Å². The molecule has 0 spiro atoms. The predicted octanol–water partition coefficient (Wildman–Crippen LogP) is 0.710. The van der Waals surface area contributed by atoms with Gasteiger partial charge in [-0.1, -0.05) is 0 Å². The summed E-state index contributed by atoms with van der Waals surface area (Å²) < 4.78 is 0.965. The van der Waals surface area contributed by atoms with Gasteiger partial charge in [0.15, 0.2) is 0 Å². The number of anilines is 1. The summed E-state index contributed by atoms with van der Waals surface area (Å²) in [6.45, 7) is 5.92. The fourth-order valence-electron chi connectivity index (χ4n) is 2.13. The first-order valence-corrected chi connectivity index (χ1v) is 6.73. The molecule has 0 saturated carbocycles. The molecule has 0 radical (unpaired) electrons. The Morgan fingerprint density at radius 3 is 2.94 bits per heavy atom. The minimum Gasteiger partial charge on any atom is -0.354 e. The third-order valence-electron chi connectivity index (χ3n) is 2.98. The van der Waals surface area contributed by atoms with Crippen LogP contribution in [0.4, 0.5) is 5.82 Å². The van der Waals surface area contributed by atoms with E-state index in [-0.39, 0.29) is 0 Å². The molecule has 0 aliphatic carbocycles. The van der Waals surface area contributed by atoms with Crippen LogP contribution in [0.15, 0.2) is 17.0 Å². The molecule has 1 fully saturated rings. The van der Waals surface area contributed by atoms with Crippen molar-refractivity contribution in [2.75, 3.05) is 44.2 Å². The minimum absolute atomic E-state index is 0.733. The second kappa shape index (κ2) is 6.28. The van der Waals surface area contributed by atoms with Gasteiger partial charge in [0.05, 0.1) is 4.47 Å².